The van der Waals surface area contributed by atoms with Crippen LogP contribution in [0, 0.1) is 0 Å². The third-order valence-electron chi connectivity index (χ3n) is 8.77. The lowest BCUT2D eigenvalue weighted by atomic mass is 10.0. The van der Waals surface area contributed by atoms with Crippen molar-refractivity contribution in [1.82, 2.24) is 20.2 Å². The van der Waals surface area contributed by atoms with Crippen molar-refractivity contribution in [3.63, 3.8) is 0 Å². The van der Waals surface area contributed by atoms with Gasteiger partial charge in [0.1, 0.15) is 5.69 Å². The van der Waals surface area contributed by atoms with Crippen LogP contribution in [0.3, 0.4) is 0 Å². The van der Waals surface area contributed by atoms with Crippen LogP contribution in [0.1, 0.15) is 59.3 Å². The molecule has 0 aliphatic carbocycles. The lowest BCUT2D eigenvalue weighted by Crippen LogP contribution is -2.40. The van der Waals surface area contributed by atoms with E-state index in [0.29, 0.717) is 12.1 Å². The zero-order chi connectivity index (χ0) is 36.8. The highest BCUT2D eigenvalue weighted by Gasteiger charge is 2.40. The lowest BCUT2D eigenvalue weighted by Gasteiger charge is -2.35. The Bertz CT molecular complexity index is 1830. The van der Waals surface area contributed by atoms with Crippen molar-refractivity contribution in [3.05, 3.63) is 80.2 Å². The first-order valence-corrected chi connectivity index (χ1v) is 19.0. The van der Waals surface area contributed by atoms with Crippen LogP contribution in [0.15, 0.2) is 40.9 Å². The number of alkyl halides is 6. The molecule has 1 saturated heterocycles. The Kier molecular flexibility index (Phi) is 10.5. The van der Waals surface area contributed by atoms with E-state index in [0.717, 1.165) is 4.68 Å². The average molecular weight is 765 g/mol. The summed E-state index contributed by atoms with van der Waals surface area (Å²) in [6, 6.07) is 5.97. The fourth-order valence-electron chi connectivity index (χ4n) is 5.07. The van der Waals surface area contributed by atoms with Gasteiger partial charge in [-0.1, -0.05) is 60.4 Å². The van der Waals surface area contributed by atoms with Crippen LogP contribution in [-0.2, 0) is 34.7 Å². The molecule has 3 heterocycles. The van der Waals surface area contributed by atoms with Crippen LogP contribution in [0.5, 0.6) is 0 Å². The second kappa shape index (κ2) is 13.9. The zero-order valence-electron chi connectivity index (χ0n) is 27.6. The molecule has 270 valence electrons. The van der Waals surface area contributed by atoms with E-state index in [4.69, 9.17) is 36.9 Å². The molecule has 0 N–H and O–H groups in total. The Balaban J connectivity index is 1.66. The molecule has 0 amide bonds. The largest absolute Gasteiger partial charge is 0.416 e. The number of benzene rings is 2. The van der Waals surface area contributed by atoms with Gasteiger partial charge in [0.15, 0.2) is 25.6 Å². The first kappa shape index (κ1) is 37.8. The molecule has 1 aliphatic rings. The monoisotopic (exact) mass is 763 g/mol. The van der Waals surface area contributed by atoms with Crippen molar-refractivity contribution in [2.24, 2.45) is 0 Å². The number of rotatable bonds is 9. The van der Waals surface area contributed by atoms with E-state index < -0.39 is 44.1 Å². The molecular formula is C32H33Cl2F6N5O4Si. The topological polar surface area (TPSA) is 95.5 Å². The number of ketones is 1. The van der Waals surface area contributed by atoms with Crippen molar-refractivity contribution in [3.8, 4) is 11.3 Å². The van der Waals surface area contributed by atoms with E-state index in [1.807, 2.05) is 33.9 Å². The summed E-state index contributed by atoms with van der Waals surface area (Å²) in [5, 5.41) is 12.5. The normalized spacial score (nSPS) is 14.8. The molecule has 5 rings (SSSR count). The van der Waals surface area contributed by atoms with E-state index >= 15 is 0 Å². The van der Waals surface area contributed by atoms with Crippen LogP contribution in [0.25, 0.3) is 11.3 Å². The number of carbonyl (C=O) groups excluding carboxylic acids is 1. The molecule has 0 bridgehead atoms. The van der Waals surface area contributed by atoms with E-state index in [9.17, 15) is 31.1 Å². The summed E-state index contributed by atoms with van der Waals surface area (Å²) in [7, 11) is -2.40. The first-order chi connectivity index (χ1) is 23.2. The average Bonchev–Trinajstić information content (AvgIpc) is 3.63. The van der Waals surface area contributed by atoms with Crippen LogP contribution < -0.4 is 4.90 Å². The number of anilines is 1. The fraction of sp³-hybridized carbons (Fsp3) is 0.438. The molecule has 2 aromatic carbocycles. The number of hydrogen-bond acceptors (Lipinski definition) is 8. The van der Waals surface area contributed by atoms with Gasteiger partial charge in [0.05, 0.1) is 53.1 Å². The number of halogens is 8. The predicted octanol–water partition coefficient (Wildman–Crippen LogP) is 8.92. The quantitative estimate of drug-likeness (QED) is 0.0948. The standard InChI is InChI=1S/C32H33Cl2F6N5O4Si/c1-30(2,3)50(4,5)48-17-23-25(26(42-49-23)24-21(33)7-6-8-22(24)34)28(46)27-29(44-9-11-47-12-10-44)45(43-41-27)16-18-13-19(31(35,36)37)15-20(14-18)32(38,39)40/h6-8,13-15H,9-12,16-17H2,1-5H3. The molecule has 9 nitrogen and oxygen atoms in total. The van der Waals surface area contributed by atoms with Gasteiger partial charge < -0.3 is 18.6 Å². The molecular weight excluding hydrogens is 731 g/mol. The minimum atomic E-state index is -5.06. The van der Waals surface area contributed by atoms with Gasteiger partial charge >= 0.3 is 12.4 Å². The highest BCUT2D eigenvalue weighted by Crippen LogP contribution is 2.41. The third-order valence-corrected chi connectivity index (χ3v) is 13.9. The van der Waals surface area contributed by atoms with E-state index in [-0.39, 0.29) is 93.7 Å². The van der Waals surface area contributed by atoms with Crippen molar-refractivity contribution in [2.75, 3.05) is 31.2 Å². The molecule has 4 aromatic rings. The van der Waals surface area contributed by atoms with Gasteiger partial charge in [0.2, 0.25) is 5.78 Å². The minimum Gasteiger partial charge on any atom is -0.409 e. The van der Waals surface area contributed by atoms with Gasteiger partial charge in [-0.2, -0.15) is 26.3 Å². The highest BCUT2D eigenvalue weighted by atomic mass is 35.5. The number of morpholine rings is 1. The second-order valence-electron chi connectivity index (χ2n) is 13.2. The maximum absolute atomic E-state index is 14.7. The molecule has 0 radical (unpaired) electrons. The highest BCUT2D eigenvalue weighted by molar-refractivity contribution is 6.74. The van der Waals surface area contributed by atoms with E-state index in [1.165, 1.54) is 0 Å². The number of nitrogens with zero attached hydrogens (tertiary/aromatic N) is 5. The van der Waals surface area contributed by atoms with Crippen LogP contribution in [-0.4, -0.2) is 60.6 Å². The summed E-state index contributed by atoms with van der Waals surface area (Å²) in [6.45, 7) is 10.3. The third kappa shape index (κ3) is 7.88. The number of carbonyl (C=O) groups is 1. The molecule has 50 heavy (non-hydrogen) atoms. The maximum atomic E-state index is 14.7. The predicted molar refractivity (Wildman–Crippen MR) is 176 cm³/mol. The lowest BCUT2D eigenvalue weighted by molar-refractivity contribution is -0.143. The summed E-state index contributed by atoms with van der Waals surface area (Å²) >= 11 is 13.1. The van der Waals surface area contributed by atoms with Gasteiger partial charge in [-0.15, -0.1) is 5.10 Å². The van der Waals surface area contributed by atoms with Gasteiger partial charge in [-0.05, 0) is 54.0 Å². The molecule has 0 spiro atoms. The summed E-state index contributed by atoms with van der Waals surface area (Å²) < 4.78 is 101. The van der Waals surface area contributed by atoms with Crippen molar-refractivity contribution in [2.45, 2.75) is 64.4 Å². The van der Waals surface area contributed by atoms with E-state index in [1.54, 1.807) is 23.1 Å². The zero-order valence-corrected chi connectivity index (χ0v) is 30.1. The Morgan fingerprint density at radius 2 is 1.54 bits per heavy atom. The molecule has 2 aromatic heterocycles. The van der Waals surface area contributed by atoms with Gasteiger partial charge in [0, 0.05) is 18.7 Å². The molecule has 0 saturated carbocycles. The van der Waals surface area contributed by atoms with E-state index in [2.05, 4.69) is 15.5 Å². The van der Waals surface area contributed by atoms with Crippen molar-refractivity contribution in [1.29, 1.82) is 0 Å². The summed E-state index contributed by atoms with van der Waals surface area (Å²) in [5.74, 6) is -0.655. The minimum absolute atomic E-state index is 0.00499. The van der Waals surface area contributed by atoms with Crippen molar-refractivity contribution < 1.29 is 44.8 Å². The van der Waals surface area contributed by atoms with Crippen LogP contribution in [0.4, 0.5) is 32.2 Å². The fourth-order valence-corrected chi connectivity index (χ4v) is 6.57. The van der Waals surface area contributed by atoms with Gasteiger partial charge in [-0.25, -0.2) is 4.68 Å². The summed E-state index contributed by atoms with van der Waals surface area (Å²) in [5.41, 5.74) is -3.47. The Morgan fingerprint density at radius 3 is 2.08 bits per heavy atom. The van der Waals surface area contributed by atoms with Crippen molar-refractivity contribution >= 4 is 43.1 Å². The molecule has 1 fully saturated rings. The molecule has 18 heteroatoms. The summed E-state index contributed by atoms with van der Waals surface area (Å²) in [6.07, 6.45) is -10.1. The molecule has 0 unspecified atom stereocenters. The van der Waals surface area contributed by atoms with Crippen LogP contribution in [0.2, 0.25) is 28.2 Å². The Morgan fingerprint density at radius 1 is 0.960 bits per heavy atom. The Labute approximate surface area is 294 Å². The molecule has 0 atom stereocenters. The van der Waals surface area contributed by atoms with Gasteiger partial charge in [-0.3, -0.25) is 4.79 Å². The Hall–Kier alpha value is -3.44. The molecule has 1 aliphatic heterocycles. The maximum Gasteiger partial charge on any atom is 0.416 e. The van der Waals surface area contributed by atoms with Crippen LogP contribution >= 0.6 is 23.2 Å². The number of hydrogen-bond donors (Lipinski definition) is 0. The first-order valence-electron chi connectivity index (χ1n) is 15.3. The van der Waals surface area contributed by atoms with Gasteiger partial charge in [0.25, 0.3) is 0 Å². The number of ether oxygens (including phenoxy) is 1. The summed E-state index contributed by atoms with van der Waals surface area (Å²) in [4.78, 5) is 16.3. The smallest absolute Gasteiger partial charge is 0.409 e. The second-order valence-corrected chi connectivity index (χ2v) is 18.9. The number of aromatic nitrogens is 4. The SMILES string of the molecule is CC(C)(C)[Si](C)(C)OCc1onc(-c2c(Cl)cccc2Cl)c1C(=O)c1nnn(Cc2cc(C(F)(F)F)cc(C(F)(F)F)c2)c1N1CCOCC1.